The van der Waals surface area contributed by atoms with Crippen LogP contribution in [0, 0.1) is 5.92 Å². The molecule has 0 bridgehead atoms. The maximum absolute atomic E-state index is 5.98. The number of thiophene rings is 1. The average molecular weight is 280 g/mol. The molecule has 1 saturated carbocycles. The van der Waals surface area contributed by atoms with E-state index in [-0.39, 0.29) is 5.41 Å². The van der Waals surface area contributed by atoms with E-state index in [2.05, 4.69) is 45.1 Å². The van der Waals surface area contributed by atoms with E-state index in [1.807, 2.05) is 11.3 Å². The summed E-state index contributed by atoms with van der Waals surface area (Å²) in [5.74, 6) is 0.865. The standard InChI is InChI=1S/C16H28N2S/c1-11-5-6-12(9-11)18-13(10-17)14-7-8-15(19-14)16(2,3)4/h7-8,11-13,18H,5-6,9-10,17H2,1-4H3. The van der Waals surface area contributed by atoms with Crippen LogP contribution in [0.1, 0.15) is 62.8 Å². The van der Waals surface area contributed by atoms with Gasteiger partial charge in [0.05, 0.1) is 6.04 Å². The predicted octanol–water partition coefficient (Wildman–Crippen LogP) is 3.82. The Morgan fingerprint density at radius 3 is 2.58 bits per heavy atom. The van der Waals surface area contributed by atoms with E-state index in [4.69, 9.17) is 5.73 Å². The van der Waals surface area contributed by atoms with Gasteiger partial charge in [0, 0.05) is 22.3 Å². The zero-order valence-corrected chi connectivity index (χ0v) is 13.5. The lowest BCUT2D eigenvalue weighted by Gasteiger charge is -2.21. The van der Waals surface area contributed by atoms with Gasteiger partial charge in [-0.2, -0.15) is 0 Å². The fourth-order valence-electron chi connectivity index (χ4n) is 2.85. The molecule has 19 heavy (non-hydrogen) atoms. The SMILES string of the molecule is CC1CCC(NC(CN)c2ccc(C(C)(C)C)s2)C1. The van der Waals surface area contributed by atoms with Crippen LogP contribution in [0.3, 0.4) is 0 Å². The van der Waals surface area contributed by atoms with Gasteiger partial charge >= 0.3 is 0 Å². The van der Waals surface area contributed by atoms with Crippen molar-refractivity contribution in [1.29, 1.82) is 0 Å². The molecular formula is C16H28N2S. The van der Waals surface area contributed by atoms with Crippen LogP contribution < -0.4 is 11.1 Å². The fraction of sp³-hybridized carbons (Fsp3) is 0.750. The predicted molar refractivity (Wildman–Crippen MR) is 84.8 cm³/mol. The number of hydrogen-bond donors (Lipinski definition) is 2. The second-order valence-corrected chi connectivity index (χ2v) is 8.14. The summed E-state index contributed by atoms with van der Waals surface area (Å²) in [7, 11) is 0. The Bertz CT molecular complexity index is 405. The van der Waals surface area contributed by atoms with E-state index >= 15 is 0 Å². The molecule has 1 aromatic rings. The van der Waals surface area contributed by atoms with E-state index in [0.29, 0.717) is 18.6 Å². The van der Waals surface area contributed by atoms with Crippen molar-refractivity contribution in [2.45, 2.75) is 64.5 Å². The van der Waals surface area contributed by atoms with Crippen molar-refractivity contribution < 1.29 is 0 Å². The van der Waals surface area contributed by atoms with E-state index in [1.54, 1.807) is 0 Å². The quantitative estimate of drug-likeness (QED) is 0.880. The van der Waals surface area contributed by atoms with Crippen LogP contribution in [0.5, 0.6) is 0 Å². The third-order valence-corrected chi connectivity index (χ3v) is 5.70. The van der Waals surface area contributed by atoms with E-state index in [9.17, 15) is 0 Å². The second-order valence-electron chi connectivity index (χ2n) is 7.02. The van der Waals surface area contributed by atoms with Crippen molar-refractivity contribution >= 4 is 11.3 Å². The first-order valence-corrected chi connectivity index (χ1v) is 8.28. The molecule has 1 aromatic heterocycles. The van der Waals surface area contributed by atoms with E-state index in [1.165, 1.54) is 29.0 Å². The molecule has 2 rings (SSSR count). The summed E-state index contributed by atoms with van der Waals surface area (Å²) in [6.07, 6.45) is 3.95. The molecule has 2 nitrogen and oxygen atoms in total. The van der Waals surface area contributed by atoms with Crippen molar-refractivity contribution in [3.05, 3.63) is 21.9 Å². The van der Waals surface area contributed by atoms with Gasteiger partial charge in [0.2, 0.25) is 0 Å². The Balaban J connectivity index is 2.03. The Kier molecular flexibility index (Phi) is 4.70. The van der Waals surface area contributed by atoms with Crippen molar-refractivity contribution in [1.82, 2.24) is 5.32 Å². The molecule has 1 aliphatic carbocycles. The summed E-state index contributed by atoms with van der Waals surface area (Å²) >= 11 is 1.91. The molecule has 1 fully saturated rings. The number of nitrogens with one attached hydrogen (secondary N) is 1. The largest absolute Gasteiger partial charge is 0.329 e. The first-order chi connectivity index (χ1) is 8.90. The minimum absolute atomic E-state index is 0.240. The molecule has 0 saturated heterocycles. The van der Waals surface area contributed by atoms with Crippen molar-refractivity contribution in [2.24, 2.45) is 11.7 Å². The number of rotatable bonds is 4. The molecule has 0 amide bonds. The molecule has 1 heterocycles. The van der Waals surface area contributed by atoms with Crippen molar-refractivity contribution in [3.8, 4) is 0 Å². The monoisotopic (exact) mass is 280 g/mol. The maximum Gasteiger partial charge on any atom is 0.0541 e. The fourth-order valence-corrected chi connectivity index (χ4v) is 3.99. The summed E-state index contributed by atoms with van der Waals surface area (Å²) in [6, 6.07) is 5.51. The van der Waals surface area contributed by atoms with Crippen molar-refractivity contribution in [2.75, 3.05) is 6.54 Å². The van der Waals surface area contributed by atoms with Crippen LogP contribution in [-0.4, -0.2) is 12.6 Å². The van der Waals surface area contributed by atoms with E-state index < -0.39 is 0 Å². The first-order valence-electron chi connectivity index (χ1n) is 7.46. The second kappa shape index (κ2) is 5.94. The summed E-state index contributed by atoms with van der Waals surface area (Å²) in [4.78, 5) is 2.84. The van der Waals surface area contributed by atoms with Gasteiger partial charge in [-0.1, -0.05) is 27.7 Å². The van der Waals surface area contributed by atoms with Gasteiger partial charge < -0.3 is 11.1 Å². The van der Waals surface area contributed by atoms with Crippen LogP contribution in [0.4, 0.5) is 0 Å². The average Bonchev–Trinajstić information content (AvgIpc) is 2.94. The molecule has 1 aliphatic rings. The van der Waals surface area contributed by atoms with Crippen LogP contribution in [0.2, 0.25) is 0 Å². The highest BCUT2D eigenvalue weighted by Gasteiger charge is 2.25. The Hall–Kier alpha value is -0.380. The summed E-state index contributed by atoms with van der Waals surface area (Å²) < 4.78 is 0. The van der Waals surface area contributed by atoms with Crippen LogP contribution in [0.15, 0.2) is 12.1 Å². The van der Waals surface area contributed by atoms with Gasteiger partial charge in [-0.05, 0) is 42.7 Å². The third kappa shape index (κ3) is 3.80. The van der Waals surface area contributed by atoms with Gasteiger partial charge in [-0.3, -0.25) is 0 Å². The van der Waals surface area contributed by atoms with Gasteiger partial charge in [0.25, 0.3) is 0 Å². The Labute approximate surface area is 121 Å². The lowest BCUT2D eigenvalue weighted by atomic mass is 9.95. The molecule has 3 heteroatoms. The molecular weight excluding hydrogens is 252 g/mol. The zero-order valence-electron chi connectivity index (χ0n) is 12.7. The van der Waals surface area contributed by atoms with E-state index in [0.717, 1.165) is 5.92 Å². The third-order valence-electron chi connectivity index (χ3n) is 4.08. The topological polar surface area (TPSA) is 38.0 Å². The molecule has 3 atom stereocenters. The smallest absolute Gasteiger partial charge is 0.0541 e. The normalized spacial score (nSPS) is 25.7. The minimum atomic E-state index is 0.240. The lowest BCUT2D eigenvalue weighted by molar-refractivity contribution is 0.438. The molecule has 3 unspecified atom stereocenters. The highest BCUT2D eigenvalue weighted by Crippen LogP contribution is 2.33. The molecule has 0 radical (unpaired) electrons. The van der Waals surface area contributed by atoms with Gasteiger partial charge in [-0.25, -0.2) is 0 Å². The van der Waals surface area contributed by atoms with Crippen LogP contribution >= 0.6 is 11.3 Å². The van der Waals surface area contributed by atoms with Crippen LogP contribution in [0.25, 0.3) is 0 Å². The van der Waals surface area contributed by atoms with Crippen molar-refractivity contribution in [3.63, 3.8) is 0 Å². The summed E-state index contributed by atoms with van der Waals surface area (Å²) in [5.41, 5.74) is 6.22. The zero-order chi connectivity index (χ0) is 14.0. The lowest BCUT2D eigenvalue weighted by Crippen LogP contribution is -2.34. The minimum Gasteiger partial charge on any atom is -0.329 e. The summed E-state index contributed by atoms with van der Waals surface area (Å²) in [6.45, 7) is 9.85. The highest BCUT2D eigenvalue weighted by atomic mass is 32.1. The number of nitrogens with two attached hydrogens (primary N) is 1. The number of hydrogen-bond acceptors (Lipinski definition) is 3. The maximum atomic E-state index is 5.98. The summed E-state index contributed by atoms with van der Waals surface area (Å²) in [5, 5.41) is 3.76. The molecule has 3 N–H and O–H groups in total. The van der Waals surface area contributed by atoms with Gasteiger partial charge in [0.15, 0.2) is 0 Å². The first kappa shape index (κ1) is 15.0. The van der Waals surface area contributed by atoms with Gasteiger partial charge in [0.1, 0.15) is 0 Å². The van der Waals surface area contributed by atoms with Gasteiger partial charge in [-0.15, -0.1) is 11.3 Å². The molecule has 0 aliphatic heterocycles. The Morgan fingerprint density at radius 1 is 1.37 bits per heavy atom. The highest BCUT2D eigenvalue weighted by molar-refractivity contribution is 7.12. The Morgan fingerprint density at radius 2 is 2.11 bits per heavy atom. The van der Waals surface area contributed by atoms with Crippen LogP contribution in [-0.2, 0) is 5.41 Å². The molecule has 108 valence electrons. The molecule has 0 spiro atoms. The molecule has 0 aromatic carbocycles.